The van der Waals surface area contributed by atoms with Gasteiger partial charge in [-0.2, -0.15) is 0 Å². The van der Waals surface area contributed by atoms with Crippen LogP contribution in [0, 0.1) is 17.5 Å². The van der Waals surface area contributed by atoms with E-state index in [1.54, 1.807) is 0 Å². The Labute approximate surface area is 106 Å². The Morgan fingerprint density at radius 1 is 1.28 bits per heavy atom. The van der Waals surface area contributed by atoms with Crippen molar-refractivity contribution in [3.05, 3.63) is 35.1 Å². The van der Waals surface area contributed by atoms with Crippen LogP contribution in [0.2, 0.25) is 0 Å². The molecule has 0 spiro atoms. The number of halogens is 3. The normalized spacial score (nSPS) is 14.3. The molecule has 2 unspecified atom stereocenters. The molecule has 100 valence electrons. The number of hydrogen-bond donors (Lipinski definition) is 2. The monoisotopic (exact) mass is 280 g/mol. The van der Waals surface area contributed by atoms with Crippen molar-refractivity contribution in [1.82, 2.24) is 0 Å². The summed E-state index contributed by atoms with van der Waals surface area (Å²) in [6.07, 6.45) is -3.40. The van der Waals surface area contributed by atoms with Crippen LogP contribution >= 0.6 is 11.8 Å². The molecule has 2 atom stereocenters. The summed E-state index contributed by atoms with van der Waals surface area (Å²) < 4.78 is 39.2. The van der Waals surface area contributed by atoms with E-state index in [0.29, 0.717) is 23.9 Å². The fourth-order valence-corrected chi connectivity index (χ4v) is 1.91. The van der Waals surface area contributed by atoms with Crippen molar-refractivity contribution < 1.29 is 28.2 Å². The second-order valence-electron chi connectivity index (χ2n) is 3.60. The fraction of sp³-hybridized carbons (Fsp3) is 0.364. The molecule has 0 aliphatic rings. The van der Waals surface area contributed by atoms with Crippen molar-refractivity contribution in [2.45, 2.75) is 19.1 Å². The summed E-state index contributed by atoms with van der Waals surface area (Å²) in [6, 6.07) is 0.818. The predicted molar refractivity (Wildman–Crippen MR) is 60.4 cm³/mol. The van der Waals surface area contributed by atoms with Crippen LogP contribution in [0.15, 0.2) is 12.1 Å². The third-order valence-corrected chi connectivity index (χ3v) is 3.08. The highest BCUT2D eigenvalue weighted by Crippen LogP contribution is 2.26. The third kappa shape index (κ3) is 3.72. The zero-order chi connectivity index (χ0) is 13.9. The van der Waals surface area contributed by atoms with Gasteiger partial charge in [-0.3, -0.25) is 4.79 Å². The maximum absolute atomic E-state index is 13.3. The SMILES string of the molecule is CC(=O)SCC(O)C(O)c1c(F)cc(F)cc1F. The number of aliphatic hydroxyl groups excluding tert-OH is 2. The van der Waals surface area contributed by atoms with Gasteiger partial charge in [0.15, 0.2) is 5.12 Å². The minimum atomic E-state index is -1.86. The van der Waals surface area contributed by atoms with Gasteiger partial charge in [-0.15, -0.1) is 0 Å². The van der Waals surface area contributed by atoms with E-state index >= 15 is 0 Å². The molecule has 2 N–H and O–H groups in total. The first-order valence-corrected chi connectivity index (χ1v) is 5.95. The highest BCUT2D eigenvalue weighted by molar-refractivity contribution is 8.13. The Hall–Kier alpha value is -1.05. The minimum Gasteiger partial charge on any atom is -0.389 e. The summed E-state index contributed by atoms with van der Waals surface area (Å²) >= 11 is 0.709. The fourth-order valence-electron chi connectivity index (χ4n) is 1.32. The molecular weight excluding hydrogens is 269 g/mol. The topological polar surface area (TPSA) is 57.5 Å². The van der Waals surface area contributed by atoms with Gasteiger partial charge in [-0.05, 0) is 0 Å². The highest BCUT2D eigenvalue weighted by Gasteiger charge is 2.26. The first-order chi connectivity index (χ1) is 8.32. The van der Waals surface area contributed by atoms with Crippen molar-refractivity contribution in [3.8, 4) is 0 Å². The lowest BCUT2D eigenvalue weighted by Gasteiger charge is -2.18. The van der Waals surface area contributed by atoms with Crippen molar-refractivity contribution in [3.63, 3.8) is 0 Å². The smallest absolute Gasteiger partial charge is 0.185 e. The largest absolute Gasteiger partial charge is 0.389 e. The Balaban J connectivity index is 2.89. The summed E-state index contributed by atoms with van der Waals surface area (Å²) in [4.78, 5) is 10.7. The van der Waals surface area contributed by atoms with Crippen molar-refractivity contribution in [2.24, 2.45) is 0 Å². The van der Waals surface area contributed by atoms with Crippen LogP contribution in [0.4, 0.5) is 13.2 Å². The Morgan fingerprint density at radius 2 is 1.78 bits per heavy atom. The zero-order valence-electron chi connectivity index (χ0n) is 9.36. The van der Waals surface area contributed by atoms with E-state index < -0.39 is 35.2 Å². The van der Waals surface area contributed by atoms with Gasteiger partial charge in [0.05, 0.1) is 11.7 Å². The Morgan fingerprint density at radius 3 is 2.22 bits per heavy atom. The lowest BCUT2D eigenvalue weighted by Crippen LogP contribution is -2.23. The number of carbonyl (C=O) groups excluding carboxylic acids is 1. The molecule has 0 aliphatic heterocycles. The lowest BCUT2D eigenvalue weighted by atomic mass is 10.0. The number of thioether (sulfide) groups is 1. The third-order valence-electron chi connectivity index (χ3n) is 2.16. The van der Waals surface area contributed by atoms with E-state index in [0.717, 1.165) is 0 Å². The van der Waals surface area contributed by atoms with Crippen LogP contribution in [0.25, 0.3) is 0 Å². The molecule has 18 heavy (non-hydrogen) atoms. The molecule has 0 bridgehead atoms. The molecule has 7 heteroatoms. The molecule has 0 heterocycles. The van der Waals surface area contributed by atoms with Gasteiger partial charge >= 0.3 is 0 Å². The average Bonchev–Trinajstić information content (AvgIpc) is 2.24. The second-order valence-corrected chi connectivity index (χ2v) is 4.79. The number of hydrogen-bond acceptors (Lipinski definition) is 4. The standard InChI is InChI=1S/C11H11F3O3S/c1-5(15)18-4-9(16)11(17)10-7(13)2-6(12)3-8(10)14/h2-3,9,11,16-17H,4H2,1H3. The average molecular weight is 280 g/mol. The number of aliphatic hydroxyl groups is 2. The molecule has 1 aromatic carbocycles. The van der Waals surface area contributed by atoms with Crippen LogP contribution in [0.3, 0.4) is 0 Å². The van der Waals surface area contributed by atoms with E-state index in [2.05, 4.69) is 0 Å². The number of rotatable bonds is 4. The predicted octanol–water partition coefficient (Wildman–Crippen LogP) is 1.78. The van der Waals surface area contributed by atoms with Gasteiger partial charge in [0.25, 0.3) is 0 Å². The molecule has 0 amide bonds. The summed E-state index contributed by atoms with van der Waals surface area (Å²) in [5.41, 5.74) is -0.812. The molecule has 0 radical (unpaired) electrons. The van der Waals surface area contributed by atoms with Gasteiger partial charge in [-0.25, -0.2) is 13.2 Å². The van der Waals surface area contributed by atoms with Crippen molar-refractivity contribution in [2.75, 3.05) is 5.75 Å². The molecule has 0 aliphatic carbocycles. The van der Waals surface area contributed by atoms with Gasteiger partial charge in [0.1, 0.15) is 23.6 Å². The molecule has 3 nitrogen and oxygen atoms in total. The quantitative estimate of drug-likeness (QED) is 0.882. The van der Waals surface area contributed by atoms with Crippen LogP contribution in [0.5, 0.6) is 0 Å². The van der Waals surface area contributed by atoms with Crippen LogP contribution in [-0.2, 0) is 4.79 Å². The minimum absolute atomic E-state index is 0.216. The lowest BCUT2D eigenvalue weighted by molar-refractivity contribution is -0.109. The van der Waals surface area contributed by atoms with E-state index in [1.807, 2.05) is 0 Å². The van der Waals surface area contributed by atoms with Crippen molar-refractivity contribution in [1.29, 1.82) is 0 Å². The molecular formula is C11H11F3O3S. The summed E-state index contributed by atoms with van der Waals surface area (Å²) in [7, 11) is 0. The van der Waals surface area contributed by atoms with E-state index in [1.165, 1.54) is 6.92 Å². The Bertz CT molecular complexity index is 430. The van der Waals surface area contributed by atoms with Crippen LogP contribution in [-0.4, -0.2) is 27.2 Å². The van der Waals surface area contributed by atoms with Crippen LogP contribution < -0.4 is 0 Å². The maximum Gasteiger partial charge on any atom is 0.185 e. The van der Waals surface area contributed by atoms with Crippen LogP contribution in [0.1, 0.15) is 18.6 Å². The Kier molecular flexibility index (Phi) is 5.18. The van der Waals surface area contributed by atoms with E-state index in [4.69, 9.17) is 0 Å². The van der Waals surface area contributed by atoms with E-state index in [-0.39, 0.29) is 10.9 Å². The van der Waals surface area contributed by atoms with Gasteiger partial charge in [0, 0.05) is 24.8 Å². The van der Waals surface area contributed by atoms with Crippen molar-refractivity contribution >= 4 is 16.9 Å². The molecule has 1 aromatic rings. The molecule has 1 rings (SSSR count). The highest BCUT2D eigenvalue weighted by atomic mass is 32.2. The van der Waals surface area contributed by atoms with Gasteiger partial charge in [-0.1, -0.05) is 11.8 Å². The molecule has 0 aromatic heterocycles. The maximum atomic E-state index is 13.3. The molecule has 0 saturated carbocycles. The van der Waals surface area contributed by atoms with Gasteiger partial charge < -0.3 is 10.2 Å². The first kappa shape index (κ1) is 15.0. The first-order valence-electron chi connectivity index (χ1n) is 4.97. The number of carbonyl (C=O) groups is 1. The van der Waals surface area contributed by atoms with E-state index in [9.17, 15) is 28.2 Å². The zero-order valence-corrected chi connectivity index (χ0v) is 10.2. The molecule has 0 fully saturated rings. The summed E-state index contributed by atoms with van der Waals surface area (Å²) in [5.74, 6) is -3.90. The number of benzene rings is 1. The molecule has 0 saturated heterocycles. The van der Waals surface area contributed by atoms with Gasteiger partial charge in [0.2, 0.25) is 0 Å². The second kappa shape index (κ2) is 6.21. The summed E-state index contributed by atoms with van der Waals surface area (Å²) in [6.45, 7) is 1.25. The summed E-state index contributed by atoms with van der Waals surface area (Å²) in [5, 5.41) is 18.8.